The average Bonchev–Trinajstić information content (AvgIpc) is 3.39. The Morgan fingerprint density at radius 2 is 1.88 bits per heavy atom. The molecule has 4 rings (SSSR count). The summed E-state index contributed by atoms with van der Waals surface area (Å²) in [4.78, 5) is 40.4. The lowest BCUT2D eigenvalue weighted by atomic mass is 10.2. The van der Waals surface area contributed by atoms with Crippen LogP contribution in [0.1, 0.15) is 24.0 Å². The predicted octanol–water partition coefficient (Wildman–Crippen LogP) is 5.34. The first-order chi connectivity index (χ1) is 15.4. The fourth-order valence-corrected chi connectivity index (χ4v) is 5.35. The van der Waals surface area contributed by atoms with Crippen LogP contribution in [-0.4, -0.2) is 46.5 Å². The Bertz CT molecular complexity index is 1060. The number of hydrogen-bond donors (Lipinski definition) is 0. The van der Waals surface area contributed by atoms with E-state index in [0.29, 0.717) is 40.5 Å². The van der Waals surface area contributed by atoms with Gasteiger partial charge in [0.25, 0.3) is 11.1 Å². The van der Waals surface area contributed by atoms with Crippen LogP contribution in [0.15, 0.2) is 51.8 Å². The highest BCUT2D eigenvalue weighted by Gasteiger charge is 2.37. The number of hydrogen-bond acceptors (Lipinski definition) is 5. The Hall–Kier alpha value is -2.29. The maximum Gasteiger partial charge on any atom is 0.294 e. The van der Waals surface area contributed by atoms with E-state index in [-0.39, 0.29) is 17.4 Å². The number of thioether (sulfide) groups is 1. The van der Waals surface area contributed by atoms with E-state index >= 15 is 0 Å². The van der Waals surface area contributed by atoms with Crippen LogP contribution in [0.4, 0.5) is 4.79 Å². The monoisotopic (exact) mass is 534 g/mol. The molecule has 32 heavy (non-hydrogen) atoms. The largest absolute Gasteiger partial charge is 0.486 e. The topological polar surface area (TPSA) is 66.9 Å². The maximum absolute atomic E-state index is 12.7. The molecule has 9 heteroatoms. The summed E-state index contributed by atoms with van der Waals surface area (Å²) >= 11 is 10.7. The summed E-state index contributed by atoms with van der Waals surface area (Å²) in [6.07, 6.45) is 3.51. The van der Waals surface area contributed by atoms with Gasteiger partial charge < -0.3 is 9.64 Å². The minimum atomic E-state index is -0.468. The van der Waals surface area contributed by atoms with Gasteiger partial charge in [-0.25, -0.2) is 0 Å². The van der Waals surface area contributed by atoms with E-state index < -0.39 is 11.1 Å². The minimum absolute atomic E-state index is 0.197. The Kier molecular flexibility index (Phi) is 7.23. The predicted molar refractivity (Wildman–Crippen MR) is 128 cm³/mol. The molecule has 0 spiro atoms. The number of carbonyl (C=O) groups is 3. The van der Waals surface area contributed by atoms with Crippen molar-refractivity contribution in [3.8, 4) is 5.75 Å². The molecule has 2 saturated heterocycles. The van der Waals surface area contributed by atoms with Gasteiger partial charge in [-0.2, -0.15) is 0 Å². The lowest BCUT2D eigenvalue weighted by Crippen LogP contribution is -2.40. The minimum Gasteiger partial charge on any atom is -0.486 e. The standard InChI is InChI=1S/C23H20BrClN2O4S/c24-17-10-16(11-18(25)21(17)31-14-15-6-2-1-3-7-15)12-19-22(29)27(23(30)32-19)13-20(28)26-8-4-5-9-26/h1-3,6-7,10-12H,4-5,8-9,13-14H2/b19-12+. The highest BCUT2D eigenvalue weighted by Crippen LogP contribution is 2.38. The number of nitrogens with zero attached hydrogens (tertiary/aromatic N) is 2. The van der Waals surface area contributed by atoms with Crippen LogP contribution in [0.3, 0.4) is 0 Å². The van der Waals surface area contributed by atoms with Gasteiger partial charge in [0.1, 0.15) is 13.2 Å². The lowest BCUT2D eigenvalue weighted by molar-refractivity contribution is -0.135. The molecule has 166 valence electrons. The molecule has 6 nitrogen and oxygen atoms in total. The first-order valence-electron chi connectivity index (χ1n) is 10.1. The molecule has 0 radical (unpaired) electrons. The number of rotatable bonds is 6. The summed E-state index contributed by atoms with van der Waals surface area (Å²) in [5, 5.41) is -0.0632. The number of amides is 3. The van der Waals surface area contributed by atoms with Gasteiger partial charge in [-0.05, 0) is 69.9 Å². The van der Waals surface area contributed by atoms with Crippen molar-refractivity contribution in [1.29, 1.82) is 0 Å². The SMILES string of the molecule is O=C(CN1C(=O)S/C(=C/c2cc(Cl)c(OCc3ccccc3)c(Br)c2)C1=O)N1CCCC1. The van der Waals surface area contributed by atoms with Crippen LogP contribution in [0.5, 0.6) is 5.75 Å². The second-order valence-electron chi connectivity index (χ2n) is 7.44. The smallest absolute Gasteiger partial charge is 0.294 e. The summed E-state index contributed by atoms with van der Waals surface area (Å²) in [7, 11) is 0. The molecular formula is C23H20BrClN2O4S. The molecule has 0 aliphatic carbocycles. The van der Waals surface area contributed by atoms with Crippen molar-refractivity contribution in [2.45, 2.75) is 19.4 Å². The van der Waals surface area contributed by atoms with Gasteiger partial charge >= 0.3 is 0 Å². The summed E-state index contributed by atoms with van der Waals surface area (Å²) in [5.41, 5.74) is 1.65. The van der Waals surface area contributed by atoms with E-state index in [2.05, 4.69) is 15.9 Å². The van der Waals surface area contributed by atoms with Crippen LogP contribution >= 0.6 is 39.3 Å². The molecule has 3 amide bonds. The second kappa shape index (κ2) is 10.1. The number of imide groups is 1. The molecule has 0 aromatic heterocycles. The number of halogens is 2. The summed E-state index contributed by atoms with van der Waals surface area (Å²) in [5.74, 6) is -0.169. The van der Waals surface area contributed by atoms with E-state index in [4.69, 9.17) is 16.3 Å². The molecule has 0 saturated carbocycles. The Labute approximate surface area is 203 Å². The zero-order valence-corrected chi connectivity index (χ0v) is 20.2. The van der Waals surface area contributed by atoms with Crippen LogP contribution < -0.4 is 4.74 Å². The molecule has 2 aliphatic heterocycles. The van der Waals surface area contributed by atoms with Gasteiger partial charge in [0, 0.05) is 13.1 Å². The highest BCUT2D eigenvalue weighted by atomic mass is 79.9. The van der Waals surface area contributed by atoms with Crippen molar-refractivity contribution in [3.05, 3.63) is 68.0 Å². The van der Waals surface area contributed by atoms with Crippen LogP contribution in [-0.2, 0) is 16.2 Å². The van der Waals surface area contributed by atoms with Crippen molar-refractivity contribution >= 4 is 62.4 Å². The molecule has 2 heterocycles. The van der Waals surface area contributed by atoms with Gasteiger partial charge in [-0.1, -0.05) is 41.9 Å². The Morgan fingerprint density at radius 1 is 1.16 bits per heavy atom. The number of benzene rings is 2. The summed E-state index contributed by atoms with van der Waals surface area (Å²) < 4.78 is 6.49. The van der Waals surface area contributed by atoms with Crippen molar-refractivity contribution in [2.24, 2.45) is 0 Å². The Balaban J connectivity index is 1.46. The van der Waals surface area contributed by atoms with Crippen molar-refractivity contribution in [2.75, 3.05) is 19.6 Å². The van der Waals surface area contributed by atoms with Crippen LogP contribution in [0.25, 0.3) is 6.08 Å². The van der Waals surface area contributed by atoms with E-state index in [9.17, 15) is 14.4 Å². The number of ether oxygens (including phenoxy) is 1. The first-order valence-corrected chi connectivity index (χ1v) is 12.1. The molecule has 0 unspecified atom stereocenters. The molecule has 0 atom stereocenters. The van der Waals surface area contributed by atoms with Crippen LogP contribution in [0.2, 0.25) is 5.02 Å². The molecule has 2 aromatic rings. The molecule has 2 aliphatic rings. The quantitative estimate of drug-likeness (QED) is 0.467. The molecule has 0 N–H and O–H groups in total. The van der Waals surface area contributed by atoms with Crippen molar-refractivity contribution < 1.29 is 19.1 Å². The van der Waals surface area contributed by atoms with Crippen LogP contribution in [0, 0.1) is 0 Å². The van der Waals surface area contributed by atoms with E-state index in [1.54, 1.807) is 23.1 Å². The van der Waals surface area contributed by atoms with Gasteiger partial charge in [0.2, 0.25) is 5.91 Å². The second-order valence-corrected chi connectivity index (χ2v) is 9.70. The van der Waals surface area contributed by atoms with Gasteiger partial charge in [-0.3, -0.25) is 19.3 Å². The fraction of sp³-hybridized carbons (Fsp3) is 0.261. The fourth-order valence-electron chi connectivity index (χ4n) is 3.52. The summed E-state index contributed by atoms with van der Waals surface area (Å²) in [6, 6.07) is 13.2. The van der Waals surface area contributed by atoms with Crippen molar-refractivity contribution in [3.63, 3.8) is 0 Å². The third kappa shape index (κ3) is 5.19. The van der Waals surface area contributed by atoms with E-state index in [1.165, 1.54) is 0 Å². The highest BCUT2D eigenvalue weighted by molar-refractivity contribution is 9.10. The van der Waals surface area contributed by atoms with Gasteiger partial charge in [-0.15, -0.1) is 0 Å². The number of carbonyl (C=O) groups excluding carboxylic acids is 3. The van der Waals surface area contributed by atoms with Gasteiger partial charge in [0.15, 0.2) is 5.75 Å². The first kappa shape index (κ1) is 22.9. The van der Waals surface area contributed by atoms with E-state index in [1.807, 2.05) is 30.3 Å². The normalized spacial score (nSPS) is 17.5. The molecule has 0 bridgehead atoms. The molecule has 2 fully saturated rings. The number of likely N-dealkylation sites (tertiary alicyclic amines) is 1. The lowest BCUT2D eigenvalue weighted by Gasteiger charge is -2.18. The maximum atomic E-state index is 12.7. The molecular weight excluding hydrogens is 516 g/mol. The third-order valence-electron chi connectivity index (χ3n) is 5.17. The third-order valence-corrected chi connectivity index (χ3v) is 6.95. The van der Waals surface area contributed by atoms with Gasteiger partial charge in [0.05, 0.1) is 14.4 Å². The Morgan fingerprint density at radius 3 is 2.56 bits per heavy atom. The zero-order chi connectivity index (χ0) is 22.7. The van der Waals surface area contributed by atoms with E-state index in [0.717, 1.165) is 35.1 Å². The zero-order valence-electron chi connectivity index (χ0n) is 17.1. The summed E-state index contributed by atoms with van der Waals surface area (Å²) in [6.45, 7) is 1.49. The molecule has 2 aromatic carbocycles. The van der Waals surface area contributed by atoms with Crippen molar-refractivity contribution in [1.82, 2.24) is 9.80 Å². The average molecular weight is 536 g/mol.